The molecule has 0 atom stereocenters. The summed E-state index contributed by atoms with van der Waals surface area (Å²) in [6.07, 6.45) is 3.65. The zero-order chi connectivity index (χ0) is 15.5. The van der Waals surface area contributed by atoms with E-state index in [1.54, 1.807) is 16.9 Å². The van der Waals surface area contributed by atoms with Crippen molar-refractivity contribution < 1.29 is 4.79 Å². The van der Waals surface area contributed by atoms with Gasteiger partial charge in [-0.2, -0.15) is 5.10 Å². The third-order valence-electron chi connectivity index (χ3n) is 3.88. The number of nitrogens with zero attached hydrogens (tertiary/aromatic N) is 2. The second kappa shape index (κ2) is 6.50. The van der Waals surface area contributed by atoms with E-state index < -0.39 is 0 Å². The van der Waals surface area contributed by atoms with E-state index in [0.717, 1.165) is 31.5 Å². The van der Waals surface area contributed by atoms with Crippen molar-refractivity contribution in [1.82, 2.24) is 20.4 Å². The minimum atomic E-state index is -0.0880. The van der Waals surface area contributed by atoms with Crippen molar-refractivity contribution >= 4 is 17.5 Å². The average molecular weight is 319 g/mol. The van der Waals surface area contributed by atoms with Crippen LogP contribution in [0.4, 0.5) is 0 Å². The van der Waals surface area contributed by atoms with Gasteiger partial charge in [0.2, 0.25) is 0 Å². The Morgan fingerprint density at radius 2 is 2.09 bits per heavy atom. The van der Waals surface area contributed by atoms with E-state index in [2.05, 4.69) is 15.7 Å². The molecule has 22 heavy (non-hydrogen) atoms. The summed E-state index contributed by atoms with van der Waals surface area (Å²) in [5.74, 6) is -0.0880. The van der Waals surface area contributed by atoms with Crippen LogP contribution in [-0.4, -0.2) is 34.8 Å². The Hall–Kier alpha value is -1.85. The number of halogens is 1. The van der Waals surface area contributed by atoms with Gasteiger partial charge in [0, 0.05) is 24.8 Å². The highest BCUT2D eigenvalue weighted by atomic mass is 35.5. The molecule has 116 valence electrons. The fraction of sp³-hybridized carbons (Fsp3) is 0.375. The molecule has 2 heterocycles. The lowest BCUT2D eigenvalue weighted by atomic mass is 10.0. The van der Waals surface area contributed by atoms with Gasteiger partial charge in [-0.05, 0) is 32.0 Å². The van der Waals surface area contributed by atoms with E-state index in [0.29, 0.717) is 16.3 Å². The Morgan fingerprint density at radius 3 is 2.82 bits per heavy atom. The molecule has 1 aromatic carbocycles. The van der Waals surface area contributed by atoms with Crippen LogP contribution in [-0.2, 0) is 7.05 Å². The molecule has 1 aliphatic heterocycles. The number of aromatic nitrogens is 2. The van der Waals surface area contributed by atoms with Crippen LogP contribution in [0, 0.1) is 0 Å². The molecule has 0 bridgehead atoms. The molecule has 3 rings (SSSR count). The molecule has 1 aliphatic rings. The van der Waals surface area contributed by atoms with Crippen molar-refractivity contribution in [2.75, 3.05) is 13.1 Å². The number of carbonyl (C=O) groups excluding carboxylic acids is 1. The normalized spacial score (nSPS) is 15.7. The number of rotatable bonds is 3. The lowest BCUT2D eigenvalue weighted by Crippen LogP contribution is -2.42. The maximum Gasteiger partial charge on any atom is 0.255 e. The molecule has 0 radical (unpaired) electrons. The molecule has 1 amide bonds. The van der Waals surface area contributed by atoms with Crippen molar-refractivity contribution in [2.24, 2.45) is 7.05 Å². The monoisotopic (exact) mass is 318 g/mol. The highest BCUT2D eigenvalue weighted by Gasteiger charge is 2.22. The number of hydrogen-bond acceptors (Lipinski definition) is 3. The maximum atomic E-state index is 12.6. The Bertz CT molecular complexity index is 677. The van der Waals surface area contributed by atoms with E-state index in [1.807, 2.05) is 25.2 Å². The summed E-state index contributed by atoms with van der Waals surface area (Å²) in [6.45, 7) is 1.88. The van der Waals surface area contributed by atoms with Gasteiger partial charge in [0.15, 0.2) is 0 Å². The summed E-state index contributed by atoms with van der Waals surface area (Å²) < 4.78 is 1.65. The highest BCUT2D eigenvalue weighted by Crippen LogP contribution is 2.29. The first-order valence-corrected chi connectivity index (χ1v) is 7.83. The zero-order valence-electron chi connectivity index (χ0n) is 12.5. The van der Waals surface area contributed by atoms with Crippen LogP contribution in [0.25, 0.3) is 11.3 Å². The lowest BCUT2D eigenvalue weighted by Gasteiger charge is -2.23. The molecular formula is C16H19ClN4O. The van der Waals surface area contributed by atoms with Crippen molar-refractivity contribution in [2.45, 2.75) is 18.9 Å². The van der Waals surface area contributed by atoms with Gasteiger partial charge in [0.05, 0.1) is 10.6 Å². The highest BCUT2D eigenvalue weighted by molar-refractivity contribution is 6.33. The Morgan fingerprint density at radius 1 is 1.36 bits per heavy atom. The number of nitrogens with one attached hydrogen (secondary N) is 2. The van der Waals surface area contributed by atoms with Crippen LogP contribution in [0.1, 0.15) is 23.2 Å². The maximum absolute atomic E-state index is 12.6. The number of carbonyl (C=O) groups is 1. The predicted octanol–water partition coefficient (Wildman–Crippen LogP) is 2.22. The van der Waals surface area contributed by atoms with Crippen molar-refractivity contribution in [3.63, 3.8) is 0 Å². The van der Waals surface area contributed by atoms with Gasteiger partial charge < -0.3 is 10.6 Å². The van der Waals surface area contributed by atoms with E-state index in [9.17, 15) is 4.79 Å². The molecule has 5 nitrogen and oxygen atoms in total. The van der Waals surface area contributed by atoms with E-state index in [4.69, 9.17) is 11.6 Å². The lowest BCUT2D eigenvalue weighted by molar-refractivity contribution is 0.0930. The first-order valence-electron chi connectivity index (χ1n) is 7.45. The van der Waals surface area contributed by atoms with Crippen LogP contribution >= 0.6 is 11.6 Å². The zero-order valence-corrected chi connectivity index (χ0v) is 13.2. The van der Waals surface area contributed by atoms with Gasteiger partial charge in [0.1, 0.15) is 5.69 Å². The summed E-state index contributed by atoms with van der Waals surface area (Å²) in [6, 6.07) is 7.66. The Balaban J connectivity index is 1.87. The third-order valence-corrected chi connectivity index (χ3v) is 4.21. The van der Waals surface area contributed by atoms with Crippen LogP contribution < -0.4 is 10.6 Å². The first kappa shape index (κ1) is 15.1. The Labute approximate surface area is 134 Å². The van der Waals surface area contributed by atoms with Crippen molar-refractivity contribution in [3.05, 3.63) is 41.0 Å². The minimum absolute atomic E-state index is 0.0880. The summed E-state index contributed by atoms with van der Waals surface area (Å²) >= 11 is 6.25. The van der Waals surface area contributed by atoms with Crippen molar-refractivity contribution in [1.29, 1.82) is 0 Å². The molecule has 6 heteroatoms. The number of benzene rings is 1. The van der Waals surface area contributed by atoms with Gasteiger partial charge in [-0.15, -0.1) is 0 Å². The molecule has 0 aliphatic carbocycles. The summed E-state index contributed by atoms with van der Waals surface area (Å²) in [5.41, 5.74) is 1.97. The van der Waals surface area contributed by atoms with Crippen LogP contribution in [0.2, 0.25) is 5.02 Å². The topological polar surface area (TPSA) is 59.0 Å². The van der Waals surface area contributed by atoms with Gasteiger partial charge >= 0.3 is 0 Å². The molecule has 1 aromatic heterocycles. The number of aryl methyl sites for hydroxylation is 1. The summed E-state index contributed by atoms with van der Waals surface area (Å²) in [5, 5.41) is 11.4. The second-order valence-corrected chi connectivity index (χ2v) is 5.95. The van der Waals surface area contributed by atoms with E-state index >= 15 is 0 Å². The quantitative estimate of drug-likeness (QED) is 0.912. The van der Waals surface area contributed by atoms with Crippen LogP contribution in [0.5, 0.6) is 0 Å². The molecule has 2 N–H and O–H groups in total. The standard InChI is InChI=1S/C16H19ClN4O/c1-21-10-13(16(22)19-11-6-8-18-9-7-11)15(20-21)12-4-2-3-5-14(12)17/h2-5,10-11,18H,6-9H2,1H3,(H,19,22). The largest absolute Gasteiger partial charge is 0.349 e. The number of piperidine rings is 1. The van der Waals surface area contributed by atoms with E-state index in [-0.39, 0.29) is 11.9 Å². The SMILES string of the molecule is Cn1cc(C(=O)NC2CCNCC2)c(-c2ccccc2Cl)n1. The van der Waals surface area contributed by atoms with Crippen LogP contribution in [0.15, 0.2) is 30.5 Å². The molecule has 0 unspecified atom stereocenters. The first-order chi connectivity index (χ1) is 10.6. The van der Waals surface area contributed by atoms with Crippen LogP contribution in [0.3, 0.4) is 0 Å². The molecule has 2 aromatic rings. The third kappa shape index (κ3) is 3.15. The molecule has 0 saturated carbocycles. The number of hydrogen-bond donors (Lipinski definition) is 2. The molecule has 0 spiro atoms. The average Bonchev–Trinajstić information content (AvgIpc) is 2.90. The fourth-order valence-corrected chi connectivity index (χ4v) is 2.96. The van der Waals surface area contributed by atoms with Gasteiger partial charge in [-0.1, -0.05) is 29.8 Å². The predicted molar refractivity (Wildman–Crippen MR) is 87.0 cm³/mol. The Kier molecular flexibility index (Phi) is 4.45. The van der Waals surface area contributed by atoms with Crippen molar-refractivity contribution in [3.8, 4) is 11.3 Å². The smallest absolute Gasteiger partial charge is 0.255 e. The van der Waals surface area contributed by atoms with E-state index in [1.165, 1.54) is 0 Å². The minimum Gasteiger partial charge on any atom is -0.349 e. The molecular weight excluding hydrogens is 300 g/mol. The second-order valence-electron chi connectivity index (χ2n) is 5.54. The van der Waals surface area contributed by atoms with Gasteiger partial charge in [-0.3, -0.25) is 9.48 Å². The molecule has 1 fully saturated rings. The molecule has 1 saturated heterocycles. The fourth-order valence-electron chi connectivity index (χ4n) is 2.74. The summed E-state index contributed by atoms with van der Waals surface area (Å²) in [4.78, 5) is 12.6. The van der Waals surface area contributed by atoms with Gasteiger partial charge in [-0.25, -0.2) is 0 Å². The summed E-state index contributed by atoms with van der Waals surface area (Å²) in [7, 11) is 1.81. The number of amides is 1. The van der Waals surface area contributed by atoms with Gasteiger partial charge in [0.25, 0.3) is 5.91 Å².